The third kappa shape index (κ3) is 4.99. The van der Waals surface area contributed by atoms with Crippen LogP contribution in [0.4, 0.5) is 5.69 Å². The number of anilines is 1. The van der Waals surface area contributed by atoms with E-state index in [4.69, 9.17) is 13.9 Å². The first kappa shape index (κ1) is 19.3. The monoisotopic (exact) mass is 381 g/mol. The highest BCUT2D eigenvalue weighted by molar-refractivity contribution is 7.92. The molecule has 140 valence electrons. The number of furan rings is 1. The number of rotatable bonds is 8. The van der Waals surface area contributed by atoms with Gasteiger partial charge in [0, 0.05) is 6.07 Å². The Bertz CT molecular complexity index is 877. The van der Waals surface area contributed by atoms with Crippen LogP contribution < -0.4 is 19.2 Å². The molecule has 0 bridgehead atoms. The summed E-state index contributed by atoms with van der Waals surface area (Å²) in [7, 11) is -0.818. The molecule has 1 aromatic heterocycles. The van der Waals surface area contributed by atoms with Gasteiger partial charge in [0.15, 0.2) is 11.5 Å². The van der Waals surface area contributed by atoms with Crippen molar-refractivity contribution in [3.63, 3.8) is 0 Å². The molecule has 9 nitrogen and oxygen atoms in total. The molecule has 0 saturated heterocycles. The molecular formula is C16H19N3O6S. The van der Waals surface area contributed by atoms with Crippen molar-refractivity contribution < 1.29 is 27.1 Å². The van der Waals surface area contributed by atoms with Gasteiger partial charge in [-0.25, -0.2) is 13.8 Å². The maximum atomic E-state index is 12.1. The lowest BCUT2D eigenvalue weighted by molar-refractivity contribution is -0.119. The van der Waals surface area contributed by atoms with Gasteiger partial charge in [-0.05, 0) is 24.3 Å². The van der Waals surface area contributed by atoms with E-state index >= 15 is 0 Å². The van der Waals surface area contributed by atoms with Gasteiger partial charge >= 0.3 is 0 Å². The first-order valence-corrected chi connectivity index (χ1v) is 9.25. The lowest BCUT2D eigenvalue weighted by Gasteiger charge is -2.22. The number of nitrogens with one attached hydrogen (secondary N) is 1. The van der Waals surface area contributed by atoms with Crippen molar-refractivity contribution in [3.05, 3.63) is 42.4 Å². The Hall–Kier alpha value is -3.01. The van der Waals surface area contributed by atoms with Crippen molar-refractivity contribution in [1.29, 1.82) is 0 Å². The highest BCUT2D eigenvalue weighted by Crippen LogP contribution is 2.32. The van der Waals surface area contributed by atoms with Gasteiger partial charge in [-0.3, -0.25) is 9.10 Å². The van der Waals surface area contributed by atoms with Crippen LogP contribution in [0.5, 0.6) is 11.5 Å². The number of sulfonamides is 1. The number of ether oxygens (including phenoxy) is 2. The van der Waals surface area contributed by atoms with Crippen LogP contribution in [0.3, 0.4) is 0 Å². The predicted octanol–water partition coefficient (Wildman–Crippen LogP) is 1.21. The molecule has 0 atom stereocenters. The van der Waals surface area contributed by atoms with Gasteiger partial charge in [-0.2, -0.15) is 5.10 Å². The molecule has 0 aliphatic carbocycles. The number of carbonyl (C=O) groups excluding carboxylic acids is 1. The summed E-state index contributed by atoms with van der Waals surface area (Å²) in [5.74, 6) is 0.616. The van der Waals surface area contributed by atoms with Gasteiger partial charge in [0.2, 0.25) is 10.0 Å². The second-order valence-electron chi connectivity index (χ2n) is 5.12. The standard InChI is InChI=1S/C16H19N3O6S/c1-23-14-7-6-12(9-15(14)24-2)19(26(3,21)22)11-16(20)18-17-10-13-5-4-8-25-13/h4-10H,11H2,1-3H3,(H,18,20)/b17-10-. The van der Waals surface area contributed by atoms with E-state index in [2.05, 4.69) is 10.5 Å². The summed E-state index contributed by atoms with van der Waals surface area (Å²) in [5, 5.41) is 3.72. The lowest BCUT2D eigenvalue weighted by Crippen LogP contribution is -2.39. The van der Waals surface area contributed by atoms with Crippen LogP contribution in [0.2, 0.25) is 0 Å². The van der Waals surface area contributed by atoms with E-state index in [0.29, 0.717) is 17.3 Å². The van der Waals surface area contributed by atoms with Gasteiger partial charge in [0.1, 0.15) is 12.3 Å². The minimum atomic E-state index is -3.72. The van der Waals surface area contributed by atoms with Crippen LogP contribution in [0.1, 0.15) is 5.76 Å². The van der Waals surface area contributed by atoms with E-state index < -0.39 is 22.5 Å². The molecule has 0 spiro atoms. The lowest BCUT2D eigenvalue weighted by atomic mass is 10.2. The number of nitrogens with zero attached hydrogens (tertiary/aromatic N) is 2. The minimum Gasteiger partial charge on any atom is -0.493 e. The molecule has 1 heterocycles. The van der Waals surface area contributed by atoms with Crippen LogP contribution in [0.25, 0.3) is 0 Å². The van der Waals surface area contributed by atoms with Crippen molar-refractivity contribution in [2.24, 2.45) is 5.10 Å². The predicted molar refractivity (Wildman–Crippen MR) is 96.2 cm³/mol. The highest BCUT2D eigenvalue weighted by Gasteiger charge is 2.22. The maximum Gasteiger partial charge on any atom is 0.260 e. The zero-order chi connectivity index (χ0) is 19.2. The Labute approximate surface area is 151 Å². The molecular weight excluding hydrogens is 362 g/mol. The van der Waals surface area contributed by atoms with Crippen molar-refractivity contribution in [1.82, 2.24) is 5.43 Å². The first-order valence-electron chi connectivity index (χ1n) is 7.40. The van der Waals surface area contributed by atoms with Crippen molar-refractivity contribution >= 4 is 27.8 Å². The summed E-state index contributed by atoms with van der Waals surface area (Å²) in [6, 6.07) is 7.87. The summed E-state index contributed by atoms with van der Waals surface area (Å²) in [4.78, 5) is 12.1. The number of hydrogen-bond donors (Lipinski definition) is 1. The molecule has 0 fully saturated rings. The Morgan fingerprint density at radius 1 is 1.27 bits per heavy atom. The fourth-order valence-corrected chi connectivity index (χ4v) is 2.93. The quantitative estimate of drug-likeness (QED) is 0.544. The first-order chi connectivity index (χ1) is 12.3. The summed E-state index contributed by atoms with van der Waals surface area (Å²) in [6.45, 7) is -0.455. The van der Waals surface area contributed by atoms with E-state index in [0.717, 1.165) is 10.6 Å². The third-order valence-corrected chi connectivity index (χ3v) is 4.41. The fourth-order valence-electron chi connectivity index (χ4n) is 2.08. The molecule has 0 saturated carbocycles. The number of methoxy groups -OCH3 is 2. The molecule has 2 aromatic rings. The van der Waals surface area contributed by atoms with E-state index in [1.165, 1.54) is 38.8 Å². The fraction of sp³-hybridized carbons (Fsp3) is 0.250. The molecule has 0 aliphatic rings. The molecule has 10 heteroatoms. The van der Waals surface area contributed by atoms with E-state index in [1.54, 1.807) is 18.2 Å². The Morgan fingerprint density at radius 2 is 2.00 bits per heavy atom. The van der Waals surface area contributed by atoms with Gasteiger partial charge in [0.25, 0.3) is 5.91 Å². The normalized spacial score (nSPS) is 11.3. The minimum absolute atomic E-state index is 0.260. The molecule has 0 aliphatic heterocycles. The molecule has 1 aromatic carbocycles. The van der Waals surface area contributed by atoms with Crippen molar-refractivity contribution in [2.45, 2.75) is 0 Å². The van der Waals surface area contributed by atoms with E-state index in [1.807, 2.05) is 0 Å². The van der Waals surface area contributed by atoms with Crippen LogP contribution in [-0.4, -0.2) is 47.6 Å². The van der Waals surface area contributed by atoms with Crippen LogP contribution in [0.15, 0.2) is 46.1 Å². The topological polar surface area (TPSA) is 110 Å². The average molecular weight is 381 g/mol. The molecule has 1 N–H and O–H groups in total. The molecule has 2 rings (SSSR count). The zero-order valence-corrected chi connectivity index (χ0v) is 15.3. The largest absolute Gasteiger partial charge is 0.493 e. The Balaban J connectivity index is 2.16. The third-order valence-electron chi connectivity index (χ3n) is 3.27. The second-order valence-corrected chi connectivity index (χ2v) is 7.02. The Morgan fingerprint density at radius 3 is 2.58 bits per heavy atom. The number of benzene rings is 1. The number of carbonyl (C=O) groups is 1. The van der Waals surface area contributed by atoms with Gasteiger partial charge in [0.05, 0.1) is 38.6 Å². The summed E-state index contributed by atoms with van der Waals surface area (Å²) < 4.78 is 40.5. The second kappa shape index (κ2) is 8.39. The molecule has 26 heavy (non-hydrogen) atoms. The smallest absolute Gasteiger partial charge is 0.260 e. The maximum absolute atomic E-state index is 12.1. The van der Waals surface area contributed by atoms with Gasteiger partial charge in [-0.15, -0.1) is 0 Å². The van der Waals surface area contributed by atoms with Crippen LogP contribution in [-0.2, 0) is 14.8 Å². The van der Waals surface area contributed by atoms with Crippen molar-refractivity contribution in [2.75, 3.05) is 31.3 Å². The summed E-state index contributed by atoms with van der Waals surface area (Å²) >= 11 is 0. The molecule has 1 amide bonds. The van der Waals surface area contributed by atoms with E-state index in [9.17, 15) is 13.2 Å². The SMILES string of the molecule is COc1ccc(N(CC(=O)N/N=C\c2ccco2)S(C)(=O)=O)cc1OC. The van der Waals surface area contributed by atoms with Gasteiger partial charge in [-0.1, -0.05) is 0 Å². The zero-order valence-electron chi connectivity index (χ0n) is 14.5. The summed E-state index contributed by atoms with van der Waals surface area (Å²) in [5.41, 5.74) is 2.51. The van der Waals surface area contributed by atoms with E-state index in [-0.39, 0.29) is 5.69 Å². The van der Waals surface area contributed by atoms with Crippen LogP contribution in [0, 0.1) is 0 Å². The Kier molecular flexibility index (Phi) is 6.23. The van der Waals surface area contributed by atoms with Crippen molar-refractivity contribution in [3.8, 4) is 11.5 Å². The summed E-state index contributed by atoms with van der Waals surface area (Å²) in [6.07, 6.45) is 3.77. The molecule has 0 unspecified atom stereocenters. The molecule has 0 radical (unpaired) electrons. The van der Waals surface area contributed by atoms with Crippen LogP contribution >= 0.6 is 0 Å². The number of amides is 1. The van der Waals surface area contributed by atoms with Gasteiger partial charge < -0.3 is 13.9 Å². The average Bonchev–Trinajstić information content (AvgIpc) is 3.11. The number of hydrogen-bond acceptors (Lipinski definition) is 7. The highest BCUT2D eigenvalue weighted by atomic mass is 32.2. The number of hydrazone groups is 1.